The van der Waals surface area contributed by atoms with Crippen molar-refractivity contribution in [3.63, 3.8) is 0 Å². The van der Waals surface area contributed by atoms with E-state index < -0.39 is 16.3 Å². The van der Waals surface area contributed by atoms with E-state index in [9.17, 15) is 13.2 Å². The molecule has 0 unspecified atom stereocenters. The minimum absolute atomic E-state index is 0.124. The summed E-state index contributed by atoms with van der Waals surface area (Å²) in [5, 5.41) is 0. The van der Waals surface area contributed by atoms with Gasteiger partial charge in [-0.25, -0.2) is 0 Å². The van der Waals surface area contributed by atoms with Crippen molar-refractivity contribution in [1.82, 2.24) is 8.61 Å². The van der Waals surface area contributed by atoms with Gasteiger partial charge in [-0.15, -0.1) is 0 Å². The van der Waals surface area contributed by atoms with Crippen LogP contribution in [0.15, 0.2) is 30.3 Å². The fourth-order valence-corrected chi connectivity index (χ4v) is 5.27. The lowest BCUT2D eigenvalue weighted by Gasteiger charge is -2.30. The molecule has 0 saturated carbocycles. The predicted molar refractivity (Wildman–Crippen MR) is 89.3 cm³/mol. The molecule has 0 aliphatic carbocycles. The summed E-state index contributed by atoms with van der Waals surface area (Å²) in [6.07, 6.45) is 2.33. The third-order valence-electron chi connectivity index (χ3n) is 4.59. The molecule has 1 amide bonds. The molecule has 1 aromatic carbocycles. The van der Waals surface area contributed by atoms with Gasteiger partial charge < -0.3 is 4.90 Å². The van der Waals surface area contributed by atoms with Crippen LogP contribution in [0.2, 0.25) is 0 Å². The Labute approximate surface area is 137 Å². The number of carbonyl (C=O) groups excluding carboxylic acids is 1. The van der Waals surface area contributed by atoms with E-state index in [1.807, 2.05) is 30.3 Å². The lowest BCUT2D eigenvalue weighted by atomic mass is 10.2. The van der Waals surface area contributed by atoms with Crippen molar-refractivity contribution < 1.29 is 13.2 Å². The maximum Gasteiger partial charge on any atom is 0.282 e. The highest BCUT2D eigenvalue weighted by Gasteiger charge is 2.43. The number of amides is 1. The van der Waals surface area contributed by atoms with Gasteiger partial charge in [0.2, 0.25) is 5.91 Å². The van der Waals surface area contributed by atoms with Gasteiger partial charge in [0.05, 0.1) is 0 Å². The number of anilines is 1. The number of benzene rings is 1. The summed E-state index contributed by atoms with van der Waals surface area (Å²) in [7, 11) is -3.55. The first-order chi connectivity index (χ1) is 11.1. The summed E-state index contributed by atoms with van der Waals surface area (Å²) >= 11 is 0. The number of hydrogen-bond donors (Lipinski definition) is 0. The Balaban J connectivity index is 1.81. The minimum Gasteiger partial charge on any atom is -0.311 e. The number of carbonyl (C=O) groups is 1. The molecule has 7 heteroatoms. The maximum atomic E-state index is 12.8. The molecule has 0 aromatic heterocycles. The zero-order valence-corrected chi connectivity index (χ0v) is 14.2. The highest BCUT2D eigenvalue weighted by Crippen LogP contribution is 2.27. The normalized spacial score (nSPS) is 23.1. The second-order valence-corrected chi connectivity index (χ2v) is 7.83. The van der Waals surface area contributed by atoms with Crippen molar-refractivity contribution in [3.8, 4) is 0 Å². The van der Waals surface area contributed by atoms with Crippen LogP contribution in [0.4, 0.5) is 5.69 Å². The predicted octanol–water partition coefficient (Wildman–Crippen LogP) is 1.45. The summed E-state index contributed by atoms with van der Waals surface area (Å²) in [4.78, 5) is 14.5. The molecule has 2 aliphatic rings. The minimum atomic E-state index is -3.55. The molecule has 0 radical (unpaired) electrons. The number of nitrogens with zero attached hydrogens (tertiary/aromatic N) is 3. The Morgan fingerprint density at radius 3 is 2.39 bits per heavy atom. The lowest BCUT2D eigenvalue weighted by Crippen LogP contribution is -2.50. The summed E-state index contributed by atoms with van der Waals surface area (Å²) < 4.78 is 28.5. The van der Waals surface area contributed by atoms with E-state index in [1.165, 1.54) is 8.61 Å². The summed E-state index contributed by atoms with van der Waals surface area (Å²) in [5.74, 6) is -0.124. The first-order valence-corrected chi connectivity index (χ1v) is 9.58. The molecular weight excluding hydrogens is 314 g/mol. The Morgan fingerprint density at radius 1 is 1.13 bits per heavy atom. The molecule has 0 bridgehead atoms. The van der Waals surface area contributed by atoms with Crippen LogP contribution in [0, 0.1) is 0 Å². The summed E-state index contributed by atoms with van der Waals surface area (Å²) in [6, 6.07) is 8.84. The molecule has 6 nitrogen and oxygen atoms in total. The monoisotopic (exact) mass is 337 g/mol. The zero-order chi connectivity index (χ0) is 16.4. The van der Waals surface area contributed by atoms with Gasteiger partial charge in [0.1, 0.15) is 6.04 Å². The maximum absolute atomic E-state index is 12.8. The third-order valence-corrected chi connectivity index (χ3v) is 6.72. The Morgan fingerprint density at radius 2 is 1.78 bits per heavy atom. The number of hydrogen-bond acceptors (Lipinski definition) is 3. The average molecular weight is 337 g/mol. The van der Waals surface area contributed by atoms with E-state index in [0.717, 1.165) is 18.5 Å². The van der Waals surface area contributed by atoms with Crippen LogP contribution in [0.5, 0.6) is 0 Å². The number of likely N-dealkylation sites (N-methyl/N-ethyl adjacent to an activating group) is 1. The van der Waals surface area contributed by atoms with E-state index in [4.69, 9.17) is 0 Å². The third kappa shape index (κ3) is 3.00. The summed E-state index contributed by atoms with van der Waals surface area (Å²) in [5.41, 5.74) is 0.828. The van der Waals surface area contributed by atoms with Gasteiger partial charge in [0.15, 0.2) is 0 Å². The van der Waals surface area contributed by atoms with Gasteiger partial charge in [-0.05, 0) is 31.4 Å². The van der Waals surface area contributed by atoms with Crippen molar-refractivity contribution in [1.29, 1.82) is 0 Å². The molecule has 2 heterocycles. The first-order valence-electron chi connectivity index (χ1n) is 8.19. The van der Waals surface area contributed by atoms with Crippen LogP contribution < -0.4 is 4.90 Å². The second kappa shape index (κ2) is 6.59. The lowest BCUT2D eigenvalue weighted by molar-refractivity contribution is -0.120. The number of para-hydroxylation sites is 1. The van der Waals surface area contributed by atoms with Crippen molar-refractivity contribution >= 4 is 21.8 Å². The first kappa shape index (κ1) is 16.4. The molecule has 0 spiro atoms. The molecule has 0 N–H and O–H groups in total. The van der Waals surface area contributed by atoms with E-state index in [2.05, 4.69) is 0 Å². The van der Waals surface area contributed by atoms with E-state index in [0.29, 0.717) is 32.6 Å². The van der Waals surface area contributed by atoms with Crippen molar-refractivity contribution in [2.75, 3.05) is 31.1 Å². The quantitative estimate of drug-likeness (QED) is 0.817. The Bertz CT molecular complexity index is 656. The van der Waals surface area contributed by atoms with Crippen LogP contribution in [-0.2, 0) is 15.0 Å². The largest absolute Gasteiger partial charge is 0.311 e. The van der Waals surface area contributed by atoms with Crippen molar-refractivity contribution in [2.24, 2.45) is 0 Å². The zero-order valence-electron chi connectivity index (χ0n) is 13.4. The van der Waals surface area contributed by atoms with Crippen molar-refractivity contribution in [2.45, 2.75) is 32.2 Å². The molecule has 2 fully saturated rings. The smallest absolute Gasteiger partial charge is 0.282 e. The number of rotatable bonds is 5. The fourth-order valence-electron chi connectivity index (χ4n) is 3.41. The Hall–Kier alpha value is -1.44. The second-order valence-electron chi connectivity index (χ2n) is 5.95. The van der Waals surface area contributed by atoms with Crippen LogP contribution in [-0.4, -0.2) is 55.2 Å². The average Bonchev–Trinajstić information content (AvgIpc) is 3.20. The molecule has 2 aliphatic heterocycles. The molecule has 23 heavy (non-hydrogen) atoms. The van der Waals surface area contributed by atoms with Gasteiger partial charge in [-0.1, -0.05) is 25.1 Å². The molecule has 1 atom stereocenters. The highest BCUT2D eigenvalue weighted by atomic mass is 32.2. The van der Waals surface area contributed by atoms with Gasteiger partial charge in [0, 0.05) is 31.9 Å². The van der Waals surface area contributed by atoms with Gasteiger partial charge in [-0.2, -0.15) is 17.0 Å². The SMILES string of the molecule is CCN([C@@H]1CCN(c2ccccc2)C1=O)S(=O)(=O)N1CCCC1. The fraction of sp³-hybridized carbons (Fsp3) is 0.562. The molecule has 1 aromatic rings. The van der Waals surface area contributed by atoms with E-state index in [1.54, 1.807) is 11.8 Å². The van der Waals surface area contributed by atoms with Crippen LogP contribution in [0.1, 0.15) is 26.2 Å². The standard InChI is InChI=1S/C16H23N3O3S/c1-2-19(23(21,22)17-11-6-7-12-17)15-10-13-18(16(15)20)14-8-4-3-5-9-14/h3-5,8-9,15H,2,6-7,10-13H2,1H3/t15-/m1/s1. The summed E-state index contributed by atoms with van der Waals surface area (Å²) in [6.45, 7) is 3.79. The van der Waals surface area contributed by atoms with Gasteiger partial charge in [0.25, 0.3) is 10.2 Å². The van der Waals surface area contributed by atoms with E-state index in [-0.39, 0.29) is 5.91 Å². The topological polar surface area (TPSA) is 60.9 Å². The highest BCUT2D eigenvalue weighted by molar-refractivity contribution is 7.86. The Kier molecular flexibility index (Phi) is 4.70. The van der Waals surface area contributed by atoms with E-state index >= 15 is 0 Å². The molecule has 126 valence electrons. The molecule has 2 saturated heterocycles. The molecule has 3 rings (SSSR count). The van der Waals surface area contributed by atoms with Crippen molar-refractivity contribution in [3.05, 3.63) is 30.3 Å². The van der Waals surface area contributed by atoms with Crippen LogP contribution in [0.3, 0.4) is 0 Å². The van der Waals surface area contributed by atoms with Crippen LogP contribution >= 0.6 is 0 Å². The van der Waals surface area contributed by atoms with Crippen LogP contribution in [0.25, 0.3) is 0 Å². The van der Waals surface area contributed by atoms with Gasteiger partial charge in [-0.3, -0.25) is 4.79 Å². The van der Waals surface area contributed by atoms with Gasteiger partial charge >= 0.3 is 0 Å². The molecular formula is C16H23N3O3S.